The molecule has 1 aliphatic carbocycles. The number of ether oxygens (including phenoxy) is 2. The van der Waals surface area contributed by atoms with Crippen LogP contribution in [0.4, 0.5) is 10.7 Å². The average Bonchev–Trinajstić information content (AvgIpc) is 3.10. The van der Waals surface area contributed by atoms with Crippen LogP contribution < -0.4 is 15.4 Å². The summed E-state index contributed by atoms with van der Waals surface area (Å²) in [4.78, 5) is 26.4. The predicted molar refractivity (Wildman–Crippen MR) is 125 cm³/mol. The number of carbonyl (C=O) groups is 2. The normalized spacial score (nSPS) is 15.1. The van der Waals surface area contributed by atoms with Gasteiger partial charge in [-0.25, -0.2) is 4.79 Å². The number of hydrogen-bond acceptors (Lipinski definition) is 6. The molecule has 0 fully saturated rings. The van der Waals surface area contributed by atoms with Crippen LogP contribution in [0.25, 0.3) is 0 Å². The number of amides is 1. The number of anilines is 2. The van der Waals surface area contributed by atoms with Gasteiger partial charge in [-0.05, 0) is 68.4 Å². The zero-order chi connectivity index (χ0) is 22.2. The van der Waals surface area contributed by atoms with E-state index in [9.17, 15) is 9.59 Å². The zero-order valence-electron chi connectivity index (χ0n) is 18.6. The van der Waals surface area contributed by atoms with Gasteiger partial charge >= 0.3 is 5.97 Å². The molecule has 31 heavy (non-hydrogen) atoms. The van der Waals surface area contributed by atoms with Gasteiger partial charge in [0.15, 0.2) is 0 Å². The maximum Gasteiger partial charge on any atom is 0.341 e. The molecule has 1 heterocycles. The van der Waals surface area contributed by atoms with E-state index in [2.05, 4.69) is 24.5 Å². The molecule has 6 nitrogen and oxygen atoms in total. The van der Waals surface area contributed by atoms with Crippen LogP contribution in [0, 0.1) is 5.92 Å². The molecular formula is C24H32N2O4S. The van der Waals surface area contributed by atoms with E-state index in [1.807, 2.05) is 24.3 Å². The van der Waals surface area contributed by atoms with Gasteiger partial charge in [-0.3, -0.25) is 4.79 Å². The highest BCUT2D eigenvalue weighted by Crippen LogP contribution is 2.40. The molecule has 1 aliphatic rings. The highest BCUT2D eigenvalue weighted by Gasteiger charge is 2.29. The highest BCUT2D eigenvalue weighted by molar-refractivity contribution is 7.17. The van der Waals surface area contributed by atoms with Gasteiger partial charge in [0.25, 0.3) is 0 Å². The Morgan fingerprint density at radius 2 is 1.97 bits per heavy atom. The molecule has 0 spiro atoms. The van der Waals surface area contributed by atoms with Gasteiger partial charge in [0.2, 0.25) is 5.91 Å². The van der Waals surface area contributed by atoms with E-state index in [1.54, 1.807) is 6.92 Å². The lowest BCUT2D eigenvalue weighted by Gasteiger charge is -2.18. The lowest BCUT2D eigenvalue weighted by atomic mass is 9.88. The fraction of sp³-hybridized carbons (Fsp3) is 0.500. The van der Waals surface area contributed by atoms with Crippen LogP contribution in [0.2, 0.25) is 0 Å². The first-order valence-electron chi connectivity index (χ1n) is 11.1. The van der Waals surface area contributed by atoms with E-state index < -0.39 is 0 Å². The third-order valence-corrected chi connectivity index (χ3v) is 6.49. The summed E-state index contributed by atoms with van der Waals surface area (Å²) in [5, 5.41) is 6.65. The van der Waals surface area contributed by atoms with Gasteiger partial charge in [-0.2, -0.15) is 0 Å². The largest absolute Gasteiger partial charge is 0.494 e. The number of rotatable bonds is 10. The monoisotopic (exact) mass is 444 g/mol. The number of hydrogen-bond donors (Lipinski definition) is 2. The van der Waals surface area contributed by atoms with Gasteiger partial charge in [0, 0.05) is 10.6 Å². The van der Waals surface area contributed by atoms with Gasteiger partial charge in [-0.1, -0.05) is 20.3 Å². The van der Waals surface area contributed by atoms with Crippen molar-refractivity contribution >= 4 is 33.9 Å². The molecule has 1 atom stereocenters. The number of carbonyl (C=O) groups excluding carboxylic acids is 2. The molecule has 2 aromatic rings. The van der Waals surface area contributed by atoms with Crippen LogP contribution in [0.3, 0.4) is 0 Å². The minimum Gasteiger partial charge on any atom is -0.494 e. The molecule has 1 aromatic heterocycles. The molecule has 0 aliphatic heterocycles. The average molecular weight is 445 g/mol. The molecule has 1 amide bonds. The summed E-state index contributed by atoms with van der Waals surface area (Å²) in [5.74, 6) is 0.859. The first kappa shape index (κ1) is 23.1. The molecule has 0 radical (unpaired) electrons. The van der Waals surface area contributed by atoms with Crippen molar-refractivity contribution in [3.63, 3.8) is 0 Å². The van der Waals surface area contributed by atoms with Crippen molar-refractivity contribution in [2.75, 3.05) is 30.4 Å². The van der Waals surface area contributed by atoms with Crippen molar-refractivity contribution in [1.29, 1.82) is 0 Å². The zero-order valence-corrected chi connectivity index (χ0v) is 19.4. The van der Waals surface area contributed by atoms with E-state index in [-0.39, 0.29) is 18.4 Å². The fourth-order valence-corrected chi connectivity index (χ4v) is 5.03. The topological polar surface area (TPSA) is 76.7 Å². The lowest BCUT2D eigenvalue weighted by Crippen LogP contribution is -2.22. The summed E-state index contributed by atoms with van der Waals surface area (Å²) in [6, 6.07) is 7.57. The van der Waals surface area contributed by atoms with Crippen LogP contribution in [0.15, 0.2) is 24.3 Å². The summed E-state index contributed by atoms with van der Waals surface area (Å²) in [7, 11) is 0. The number of nitrogens with one attached hydrogen (secondary N) is 2. The Bertz CT molecular complexity index is 892. The van der Waals surface area contributed by atoms with Crippen molar-refractivity contribution in [3.05, 3.63) is 40.3 Å². The first-order valence-corrected chi connectivity index (χ1v) is 11.9. The predicted octanol–water partition coefficient (Wildman–Crippen LogP) is 5.28. The summed E-state index contributed by atoms with van der Waals surface area (Å²) in [5.41, 5.74) is 2.42. The van der Waals surface area contributed by atoms with Gasteiger partial charge < -0.3 is 20.1 Å². The number of esters is 1. The second kappa shape index (κ2) is 11.2. The SMILES string of the molecule is CCCCOc1ccc(NCC(=O)Nc2sc3c(c2C(=O)OCC)CCC(C)C3)cc1. The molecule has 0 saturated carbocycles. The maximum atomic E-state index is 12.6. The third-order valence-electron chi connectivity index (χ3n) is 5.32. The Labute approximate surface area is 188 Å². The van der Waals surface area contributed by atoms with E-state index in [0.717, 1.165) is 49.1 Å². The second-order valence-electron chi connectivity index (χ2n) is 7.90. The molecule has 1 unspecified atom stereocenters. The minimum absolute atomic E-state index is 0.108. The smallest absolute Gasteiger partial charge is 0.341 e. The fourth-order valence-electron chi connectivity index (χ4n) is 3.61. The Morgan fingerprint density at radius 1 is 1.19 bits per heavy atom. The summed E-state index contributed by atoms with van der Waals surface area (Å²) in [6.45, 7) is 7.27. The molecular weight excluding hydrogens is 412 g/mol. The minimum atomic E-state index is -0.350. The van der Waals surface area contributed by atoms with E-state index >= 15 is 0 Å². The standard InChI is InChI=1S/C24H32N2O4S/c1-4-6-13-30-18-10-8-17(9-11-18)25-15-21(27)26-23-22(24(28)29-5-2)19-12-7-16(3)14-20(19)31-23/h8-11,16,25H,4-7,12-15H2,1-3H3,(H,26,27). The molecule has 3 rings (SSSR count). The van der Waals surface area contributed by atoms with E-state index in [0.29, 0.717) is 29.7 Å². The third kappa shape index (κ3) is 6.23. The summed E-state index contributed by atoms with van der Waals surface area (Å²) in [6.07, 6.45) is 4.95. The van der Waals surface area contributed by atoms with Gasteiger partial charge in [-0.15, -0.1) is 11.3 Å². The quantitative estimate of drug-likeness (QED) is 0.385. The molecule has 7 heteroatoms. The molecule has 168 valence electrons. The van der Waals surface area contributed by atoms with Crippen LogP contribution in [0.1, 0.15) is 60.8 Å². The van der Waals surface area contributed by atoms with Crippen LogP contribution in [-0.4, -0.2) is 31.6 Å². The Morgan fingerprint density at radius 3 is 2.68 bits per heavy atom. The highest BCUT2D eigenvalue weighted by atomic mass is 32.1. The Hall–Kier alpha value is -2.54. The second-order valence-corrected chi connectivity index (χ2v) is 9.01. The van der Waals surface area contributed by atoms with E-state index in [1.165, 1.54) is 16.2 Å². The maximum absolute atomic E-state index is 12.6. The van der Waals surface area contributed by atoms with Crippen molar-refractivity contribution in [1.82, 2.24) is 0 Å². The first-order chi connectivity index (χ1) is 15.0. The summed E-state index contributed by atoms with van der Waals surface area (Å²) < 4.78 is 10.9. The van der Waals surface area contributed by atoms with E-state index in [4.69, 9.17) is 9.47 Å². The van der Waals surface area contributed by atoms with Crippen LogP contribution in [0.5, 0.6) is 5.75 Å². The number of fused-ring (bicyclic) bond motifs is 1. The Kier molecular flexibility index (Phi) is 8.35. The van der Waals surface area contributed by atoms with Crippen molar-refractivity contribution in [2.24, 2.45) is 5.92 Å². The van der Waals surface area contributed by atoms with Crippen LogP contribution in [-0.2, 0) is 22.4 Å². The molecule has 2 N–H and O–H groups in total. The number of benzene rings is 1. The number of unbranched alkanes of at least 4 members (excludes halogenated alkanes) is 1. The van der Waals surface area contributed by atoms with Crippen LogP contribution >= 0.6 is 11.3 Å². The van der Waals surface area contributed by atoms with Crippen molar-refractivity contribution in [3.8, 4) is 5.75 Å². The molecule has 1 aromatic carbocycles. The molecule has 0 bridgehead atoms. The lowest BCUT2D eigenvalue weighted by molar-refractivity contribution is -0.114. The number of thiophene rings is 1. The molecule has 0 saturated heterocycles. The van der Waals surface area contributed by atoms with Crippen molar-refractivity contribution in [2.45, 2.75) is 52.9 Å². The van der Waals surface area contributed by atoms with Gasteiger partial charge in [0.1, 0.15) is 10.8 Å². The van der Waals surface area contributed by atoms with Crippen molar-refractivity contribution < 1.29 is 19.1 Å². The summed E-state index contributed by atoms with van der Waals surface area (Å²) >= 11 is 1.50. The van der Waals surface area contributed by atoms with Gasteiger partial charge in [0.05, 0.1) is 25.3 Å². The Balaban J connectivity index is 1.61.